The Morgan fingerprint density at radius 1 is 0.882 bits per heavy atom. The normalized spacial score (nSPS) is 12.8. The molecule has 182 valence electrons. The van der Waals surface area contributed by atoms with Gasteiger partial charge in [0.15, 0.2) is 0 Å². The first-order valence-corrected chi connectivity index (χ1v) is 10.9. The summed E-state index contributed by atoms with van der Waals surface area (Å²) in [6, 6.07) is 13.0. The molecule has 0 fully saturated rings. The number of hydrogen-bond acceptors (Lipinski definition) is 8. The van der Waals surface area contributed by atoms with Gasteiger partial charge in [0.25, 0.3) is 0 Å². The number of carbonyl (C=O) groups is 3. The number of carboxylic acids is 2. The number of carboxylic acid groups (broad SMARTS) is 2. The third-order valence-electron chi connectivity index (χ3n) is 4.93. The SMILES string of the molecule is NCCNc1ccc(N=Nc2ccc(NC(=O)CCCC(C[C@H](N)C(=O)O)C(=O)O)cc2)cc1. The lowest BCUT2D eigenvalue weighted by Crippen LogP contribution is -2.34. The molecule has 1 amide bonds. The number of carbonyl (C=O) groups excluding carboxylic acids is 1. The van der Waals surface area contributed by atoms with E-state index in [0.29, 0.717) is 36.6 Å². The second-order valence-electron chi connectivity index (χ2n) is 7.67. The van der Waals surface area contributed by atoms with Crippen molar-refractivity contribution in [2.75, 3.05) is 23.7 Å². The Bertz CT molecular complexity index is 978. The number of nitrogens with one attached hydrogen (secondary N) is 2. The number of anilines is 2. The predicted octanol–water partition coefficient (Wildman–Crippen LogP) is 3.08. The van der Waals surface area contributed by atoms with Gasteiger partial charge in [-0.3, -0.25) is 14.4 Å². The van der Waals surface area contributed by atoms with Crippen LogP contribution in [-0.2, 0) is 14.4 Å². The zero-order chi connectivity index (χ0) is 24.9. The number of hydrogen-bond donors (Lipinski definition) is 6. The first-order chi connectivity index (χ1) is 16.3. The largest absolute Gasteiger partial charge is 0.481 e. The molecule has 2 rings (SSSR count). The molecule has 8 N–H and O–H groups in total. The molecular formula is C23H30N6O5. The molecule has 0 aliphatic heterocycles. The van der Waals surface area contributed by atoms with E-state index in [-0.39, 0.29) is 25.2 Å². The summed E-state index contributed by atoms with van der Waals surface area (Å²) >= 11 is 0. The maximum Gasteiger partial charge on any atom is 0.320 e. The summed E-state index contributed by atoms with van der Waals surface area (Å²) in [4.78, 5) is 34.3. The van der Waals surface area contributed by atoms with E-state index in [1.807, 2.05) is 24.3 Å². The van der Waals surface area contributed by atoms with Gasteiger partial charge >= 0.3 is 11.9 Å². The molecule has 0 saturated heterocycles. The van der Waals surface area contributed by atoms with Crippen molar-refractivity contribution < 1.29 is 24.6 Å². The standard InChI is InChI=1S/C23H30N6O5/c24-12-13-26-16-4-8-18(9-5-16)28-29-19-10-6-17(7-11-19)27-21(30)3-1-2-15(22(31)32)14-20(25)23(33)34/h4-11,15,20,26H,1-3,12-14,24-25H2,(H,27,30)(H,31,32)(H,33,34)/t15?,20-/m0/s1. The number of nitrogens with zero attached hydrogens (tertiary/aromatic N) is 2. The van der Waals surface area contributed by atoms with E-state index < -0.39 is 23.9 Å². The topological polar surface area (TPSA) is 192 Å². The number of aliphatic carboxylic acids is 2. The molecule has 0 aromatic heterocycles. The third kappa shape index (κ3) is 9.35. The molecule has 2 aromatic rings. The molecule has 11 heteroatoms. The summed E-state index contributed by atoms with van der Waals surface area (Å²) in [5, 5.41) is 32.3. The van der Waals surface area contributed by atoms with Gasteiger partial charge in [-0.1, -0.05) is 0 Å². The Kier molecular flexibility index (Phi) is 10.6. The second-order valence-corrected chi connectivity index (χ2v) is 7.67. The summed E-state index contributed by atoms with van der Waals surface area (Å²) in [5.41, 5.74) is 13.7. The first kappa shape index (κ1) is 26.4. The summed E-state index contributed by atoms with van der Waals surface area (Å²) in [7, 11) is 0. The summed E-state index contributed by atoms with van der Waals surface area (Å²) < 4.78 is 0. The summed E-state index contributed by atoms with van der Waals surface area (Å²) in [6.07, 6.45) is 0.371. The van der Waals surface area contributed by atoms with Crippen LogP contribution in [-0.4, -0.2) is 47.2 Å². The predicted molar refractivity (Wildman–Crippen MR) is 128 cm³/mol. The van der Waals surface area contributed by atoms with Gasteiger partial charge in [-0.15, -0.1) is 0 Å². The van der Waals surface area contributed by atoms with E-state index in [9.17, 15) is 19.5 Å². The fraction of sp³-hybridized carbons (Fsp3) is 0.348. The minimum atomic E-state index is -1.25. The minimum Gasteiger partial charge on any atom is -0.481 e. The average Bonchev–Trinajstić information content (AvgIpc) is 2.82. The molecule has 1 unspecified atom stereocenters. The Morgan fingerprint density at radius 3 is 1.94 bits per heavy atom. The van der Waals surface area contributed by atoms with Crippen molar-refractivity contribution in [3.63, 3.8) is 0 Å². The van der Waals surface area contributed by atoms with Crippen molar-refractivity contribution in [2.24, 2.45) is 27.6 Å². The van der Waals surface area contributed by atoms with Crippen LogP contribution in [0, 0.1) is 5.92 Å². The number of benzene rings is 2. The molecule has 0 aliphatic rings. The van der Waals surface area contributed by atoms with Crippen LogP contribution in [0.2, 0.25) is 0 Å². The number of nitrogens with two attached hydrogens (primary N) is 2. The van der Waals surface area contributed by atoms with Crippen LogP contribution in [0.1, 0.15) is 25.7 Å². The Hall–Kier alpha value is -3.83. The van der Waals surface area contributed by atoms with Gasteiger partial charge in [0.05, 0.1) is 17.3 Å². The third-order valence-corrected chi connectivity index (χ3v) is 4.93. The van der Waals surface area contributed by atoms with E-state index in [4.69, 9.17) is 16.6 Å². The summed E-state index contributed by atoms with van der Waals surface area (Å²) in [6.45, 7) is 1.24. The minimum absolute atomic E-state index is 0.101. The lowest BCUT2D eigenvalue weighted by molar-refractivity contribution is -0.144. The van der Waals surface area contributed by atoms with E-state index in [1.165, 1.54) is 0 Å². The maximum atomic E-state index is 12.2. The molecule has 2 atom stereocenters. The average molecular weight is 471 g/mol. The fourth-order valence-electron chi connectivity index (χ4n) is 3.07. The number of azo groups is 1. The molecule has 0 saturated carbocycles. The van der Waals surface area contributed by atoms with Crippen molar-refractivity contribution in [1.82, 2.24) is 0 Å². The Morgan fingerprint density at radius 2 is 1.44 bits per heavy atom. The Balaban J connectivity index is 1.80. The van der Waals surface area contributed by atoms with Crippen LogP contribution in [0.4, 0.5) is 22.7 Å². The zero-order valence-electron chi connectivity index (χ0n) is 18.7. The van der Waals surface area contributed by atoms with Crippen LogP contribution in [0.5, 0.6) is 0 Å². The zero-order valence-corrected chi connectivity index (χ0v) is 18.7. The van der Waals surface area contributed by atoms with E-state index in [1.54, 1.807) is 24.3 Å². The van der Waals surface area contributed by atoms with Crippen molar-refractivity contribution in [1.29, 1.82) is 0 Å². The van der Waals surface area contributed by atoms with Gasteiger partial charge in [-0.05, 0) is 67.8 Å². The van der Waals surface area contributed by atoms with Gasteiger partial charge in [0.2, 0.25) is 5.91 Å². The van der Waals surface area contributed by atoms with Gasteiger partial charge in [-0.25, -0.2) is 0 Å². The lowest BCUT2D eigenvalue weighted by atomic mass is 9.94. The Labute approximate surface area is 197 Å². The van der Waals surface area contributed by atoms with Crippen LogP contribution in [0.25, 0.3) is 0 Å². The smallest absolute Gasteiger partial charge is 0.320 e. The van der Waals surface area contributed by atoms with Crippen LogP contribution < -0.4 is 22.1 Å². The van der Waals surface area contributed by atoms with Gasteiger partial charge < -0.3 is 32.3 Å². The van der Waals surface area contributed by atoms with Crippen LogP contribution >= 0.6 is 0 Å². The van der Waals surface area contributed by atoms with E-state index in [0.717, 1.165) is 5.69 Å². The quantitative estimate of drug-likeness (QED) is 0.227. The van der Waals surface area contributed by atoms with Crippen LogP contribution in [0.3, 0.4) is 0 Å². The van der Waals surface area contributed by atoms with Crippen molar-refractivity contribution >= 4 is 40.6 Å². The van der Waals surface area contributed by atoms with Crippen molar-refractivity contribution in [2.45, 2.75) is 31.7 Å². The van der Waals surface area contributed by atoms with Gasteiger partial charge in [0, 0.05) is 30.9 Å². The van der Waals surface area contributed by atoms with E-state index >= 15 is 0 Å². The fourth-order valence-corrected chi connectivity index (χ4v) is 3.07. The van der Waals surface area contributed by atoms with Gasteiger partial charge in [0.1, 0.15) is 6.04 Å². The molecule has 2 aromatic carbocycles. The highest BCUT2D eigenvalue weighted by atomic mass is 16.4. The highest BCUT2D eigenvalue weighted by Crippen LogP contribution is 2.22. The van der Waals surface area contributed by atoms with Crippen LogP contribution in [0.15, 0.2) is 58.8 Å². The highest BCUT2D eigenvalue weighted by Gasteiger charge is 2.24. The molecule has 0 radical (unpaired) electrons. The highest BCUT2D eigenvalue weighted by molar-refractivity contribution is 5.90. The molecule has 34 heavy (non-hydrogen) atoms. The number of amides is 1. The van der Waals surface area contributed by atoms with Gasteiger partial charge in [-0.2, -0.15) is 10.2 Å². The van der Waals surface area contributed by atoms with Crippen molar-refractivity contribution in [3.05, 3.63) is 48.5 Å². The van der Waals surface area contributed by atoms with E-state index in [2.05, 4.69) is 20.9 Å². The first-order valence-electron chi connectivity index (χ1n) is 10.9. The lowest BCUT2D eigenvalue weighted by Gasteiger charge is -2.14. The molecule has 0 aliphatic carbocycles. The van der Waals surface area contributed by atoms with Crippen molar-refractivity contribution in [3.8, 4) is 0 Å². The molecule has 11 nitrogen and oxygen atoms in total. The molecule has 0 heterocycles. The molecular weight excluding hydrogens is 440 g/mol. The summed E-state index contributed by atoms with van der Waals surface area (Å²) in [5.74, 6) is -3.56. The number of rotatable bonds is 14. The maximum absolute atomic E-state index is 12.2. The monoisotopic (exact) mass is 470 g/mol. The second kappa shape index (κ2) is 13.7. The molecule has 0 spiro atoms. The molecule has 0 bridgehead atoms.